The van der Waals surface area contributed by atoms with E-state index in [9.17, 15) is 0 Å². The van der Waals surface area contributed by atoms with E-state index >= 15 is 0 Å². The molecule has 0 bridgehead atoms. The van der Waals surface area contributed by atoms with Crippen LogP contribution in [0.1, 0.15) is 16.7 Å². The van der Waals surface area contributed by atoms with Gasteiger partial charge in [0.1, 0.15) is 0 Å². The SMILES string of the molecule is Cc1cc(C)c(-c2cnn(CCO)c2)c(C)c1. The Hall–Kier alpha value is -1.61. The molecule has 0 aliphatic rings. The number of benzene rings is 1. The van der Waals surface area contributed by atoms with Gasteiger partial charge in [-0.2, -0.15) is 5.10 Å². The second kappa shape index (κ2) is 4.72. The van der Waals surface area contributed by atoms with Gasteiger partial charge in [0.15, 0.2) is 0 Å². The highest BCUT2D eigenvalue weighted by atomic mass is 16.3. The molecule has 1 heterocycles. The first-order chi connectivity index (χ1) is 8.11. The number of aryl methyl sites for hydroxylation is 3. The van der Waals surface area contributed by atoms with E-state index < -0.39 is 0 Å². The van der Waals surface area contributed by atoms with E-state index in [0.717, 1.165) is 5.56 Å². The van der Waals surface area contributed by atoms with Crippen LogP contribution < -0.4 is 0 Å². The first kappa shape index (κ1) is 11.9. The molecule has 0 atom stereocenters. The predicted molar refractivity (Wildman–Crippen MR) is 69.0 cm³/mol. The van der Waals surface area contributed by atoms with E-state index in [1.54, 1.807) is 4.68 Å². The molecule has 0 aliphatic heterocycles. The van der Waals surface area contributed by atoms with Crippen LogP contribution in [0, 0.1) is 20.8 Å². The Morgan fingerprint density at radius 1 is 1.18 bits per heavy atom. The Morgan fingerprint density at radius 3 is 2.41 bits per heavy atom. The van der Waals surface area contributed by atoms with Crippen molar-refractivity contribution in [2.24, 2.45) is 0 Å². The van der Waals surface area contributed by atoms with Crippen LogP contribution in [0.3, 0.4) is 0 Å². The van der Waals surface area contributed by atoms with Crippen LogP contribution in [0.15, 0.2) is 24.5 Å². The van der Waals surface area contributed by atoms with Crippen LogP contribution in [0.2, 0.25) is 0 Å². The summed E-state index contributed by atoms with van der Waals surface area (Å²) in [6.07, 6.45) is 3.85. The number of aliphatic hydroxyl groups is 1. The average Bonchev–Trinajstić information content (AvgIpc) is 2.65. The Kier molecular flexibility index (Phi) is 3.29. The van der Waals surface area contributed by atoms with Gasteiger partial charge in [-0.25, -0.2) is 0 Å². The lowest BCUT2D eigenvalue weighted by atomic mass is 9.96. The molecular weight excluding hydrogens is 212 g/mol. The minimum Gasteiger partial charge on any atom is -0.394 e. The van der Waals surface area contributed by atoms with E-state index in [2.05, 4.69) is 38.0 Å². The van der Waals surface area contributed by atoms with Gasteiger partial charge < -0.3 is 5.11 Å². The van der Waals surface area contributed by atoms with Gasteiger partial charge in [0, 0.05) is 11.8 Å². The van der Waals surface area contributed by atoms with Crippen molar-refractivity contribution in [3.05, 3.63) is 41.2 Å². The van der Waals surface area contributed by atoms with Crippen molar-refractivity contribution in [3.8, 4) is 11.1 Å². The fourth-order valence-electron chi connectivity index (χ4n) is 2.35. The molecule has 1 N–H and O–H groups in total. The number of nitrogens with zero attached hydrogens (tertiary/aromatic N) is 2. The van der Waals surface area contributed by atoms with Crippen molar-refractivity contribution in [1.29, 1.82) is 0 Å². The highest BCUT2D eigenvalue weighted by molar-refractivity contribution is 5.70. The minimum atomic E-state index is 0.118. The molecular formula is C14H18N2O. The van der Waals surface area contributed by atoms with Crippen molar-refractivity contribution >= 4 is 0 Å². The van der Waals surface area contributed by atoms with Crippen molar-refractivity contribution < 1.29 is 5.11 Å². The van der Waals surface area contributed by atoms with E-state index in [1.165, 1.54) is 22.3 Å². The first-order valence-corrected chi connectivity index (χ1v) is 5.83. The van der Waals surface area contributed by atoms with Gasteiger partial charge in [-0.1, -0.05) is 17.7 Å². The maximum Gasteiger partial charge on any atom is 0.0641 e. The van der Waals surface area contributed by atoms with Crippen LogP contribution >= 0.6 is 0 Å². The topological polar surface area (TPSA) is 38.0 Å². The first-order valence-electron chi connectivity index (χ1n) is 5.83. The maximum absolute atomic E-state index is 8.88. The lowest BCUT2D eigenvalue weighted by Crippen LogP contribution is -2.01. The number of rotatable bonds is 3. The van der Waals surface area contributed by atoms with Gasteiger partial charge >= 0.3 is 0 Å². The standard InChI is InChI=1S/C14H18N2O/c1-10-6-11(2)14(12(3)7-10)13-8-15-16(9-13)4-5-17/h6-9,17H,4-5H2,1-3H3. The van der Waals surface area contributed by atoms with E-state index in [-0.39, 0.29) is 6.61 Å². The summed E-state index contributed by atoms with van der Waals surface area (Å²) in [6.45, 7) is 7.02. The summed E-state index contributed by atoms with van der Waals surface area (Å²) < 4.78 is 1.77. The van der Waals surface area contributed by atoms with Crippen molar-refractivity contribution in [3.63, 3.8) is 0 Å². The summed E-state index contributed by atoms with van der Waals surface area (Å²) >= 11 is 0. The fourth-order valence-corrected chi connectivity index (χ4v) is 2.35. The molecule has 2 aromatic rings. The van der Waals surface area contributed by atoms with Gasteiger partial charge in [0.25, 0.3) is 0 Å². The zero-order valence-electron chi connectivity index (χ0n) is 10.6. The van der Waals surface area contributed by atoms with Gasteiger partial charge in [-0.15, -0.1) is 0 Å². The smallest absolute Gasteiger partial charge is 0.0641 e. The summed E-state index contributed by atoms with van der Waals surface area (Å²) in [6, 6.07) is 4.37. The summed E-state index contributed by atoms with van der Waals surface area (Å²) in [5, 5.41) is 13.1. The third kappa shape index (κ3) is 2.39. The molecule has 1 aromatic carbocycles. The van der Waals surface area contributed by atoms with Gasteiger partial charge in [-0.3, -0.25) is 4.68 Å². The highest BCUT2D eigenvalue weighted by Crippen LogP contribution is 2.27. The second-order valence-electron chi connectivity index (χ2n) is 4.49. The Labute approximate surface area is 102 Å². The fraction of sp³-hybridized carbons (Fsp3) is 0.357. The quantitative estimate of drug-likeness (QED) is 0.879. The normalized spacial score (nSPS) is 10.8. The van der Waals surface area contributed by atoms with Crippen LogP contribution in [0.4, 0.5) is 0 Å². The molecule has 0 saturated carbocycles. The molecule has 90 valence electrons. The largest absolute Gasteiger partial charge is 0.394 e. The zero-order chi connectivity index (χ0) is 12.4. The highest BCUT2D eigenvalue weighted by Gasteiger charge is 2.08. The van der Waals surface area contributed by atoms with Crippen molar-refractivity contribution in [2.45, 2.75) is 27.3 Å². The Balaban J connectivity index is 2.45. The third-order valence-corrected chi connectivity index (χ3v) is 2.93. The van der Waals surface area contributed by atoms with Crippen LogP contribution in [-0.4, -0.2) is 21.5 Å². The van der Waals surface area contributed by atoms with Crippen molar-refractivity contribution in [1.82, 2.24) is 9.78 Å². The van der Waals surface area contributed by atoms with Gasteiger partial charge in [0.2, 0.25) is 0 Å². The lowest BCUT2D eigenvalue weighted by molar-refractivity contribution is 0.269. The number of aliphatic hydroxyl groups excluding tert-OH is 1. The number of aromatic nitrogens is 2. The number of hydrogen-bond acceptors (Lipinski definition) is 2. The summed E-state index contributed by atoms with van der Waals surface area (Å²) in [5.41, 5.74) is 6.19. The lowest BCUT2D eigenvalue weighted by Gasteiger charge is -2.09. The third-order valence-electron chi connectivity index (χ3n) is 2.93. The molecule has 0 saturated heterocycles. The molecule has 0 unspecified atom stereocenters. The monoisotopic (exact) mass is 230 g/mol. The molecule has 0 spiro atoms. The molecule has 0 fully saturated rings. The minimum absolute atomic E-state index is 0.118. The Bertz CT molecular complexity index is 506. The molecule has 3 heteroatoms. The molecule has 0 amide bonds. The maximum atomic E-state index is 8.88. The van der Waals surface area contributed by atoms with E-state index in [0.29, 0.717) is 6.54 Å². The second-order valence-corrected chi connectivity index (χ2v) is 4.49. The molecule has 0 radical (unpaired) electrons. The van der Waals surface area contributed by atoms with Crippen LogP contribution in [0.5, 0.6) is 0 Å². The molecule has 3 nitrogen and oxygen atoms in total. The zero-order valence-corrected chi connectivity index (χ0v) is 10.6. The molecule has 0 aliphatic carbocycles. The molecule has 2 rings (SSSR count). The predicted octanol–water partition coefficient (Wildman–Crippen LogP) is 2.47. The molecule has 1 aromatic heterocycles. The number of hydrogen-bond donors (Lipinski definition) is 1. The average molecular weight is 230 g/mol. The molecule has 17 heavy (non-hydrogen) atoms. The van der Waals surface area contributed by atoms with E-state index in [4.69, 9.17) is 5.11 Å². The van der Waals surface area contributed by atoms with Crippen LogP contribution in [0.25, 0.3) is 11.1 Å². The summed E-state index contributed by atoms with van der Waals surface area (Å²) in [5.74, 6) is 0. The Morgan fingerprint density at radius 2 is 1.82 bits per heavy atom. The van der Waals surface area contributed by atoms with E-state index in [1.807, 2.05) is 12.4 Å². The van der Waals surface area contributed by atoms with Crippen LogP contribution in [-0.2, 0) is 6.54 Å². The summed E-state index contributed by atoms with van der Waals surface area (Å²) in [4.78, 5) is 0. The summed E-state index contributed by atoms with van der Waals surface area (Å²) in [7, 11) is 0. The van der Waals surface area contributed by atoms with Gasteiger partial charge in [-0.05, 0) is 37.5 Å². The van der Waals surface area contributed by atoms with Gasteiger partial charge in [0.05, 0.1) is 19.3 Å². The van der Waals surface area contributed by atoms with Crippen molar-refractivity contribution in [2.75, 3.05) is 6.61 Å².